The second kappa shape index (κ2) is 6.27. The third-order valence-corrected chi connectivity index (χ3v) is 3.27. The highest BCUT2D eigenvalue weighted by Gasteiger charge is 2.27. The summed E-state index contributed by atoms with van der Waals surface area (Å²) in [6, 6.07) is 17.6. The standard InChI is InChI=1S/C18H13NO4/c1-22-18(21)14-16(15(20)12-8-4-2-5-9-12)23-17(19-14)13-10-6-3-7-11-13/h2-11H,1H3. The van der Waals surface area contributed by atoms with Crippen LogP contribution in [0.5, 0.6) is 0 Å². The molecule has 0 bridgehead atoms. The second-order valence-electron chi connectivity index (χ2n) is 4.75. The highest BCUT2D eigenvalue weighted by atomic mass is 16.5. The first kappa shape index (κ1) is 14.7. The maximum atomic E-state index is 12.6. The summed E-state index contributed by atoms with van der Waals surface area (Å²) in [7, 11) is 1.23. The van der Waals surface area contributed by atoms with E-state index in [0.717, 1.165) is 0 Å². The van der Waals surface area contributed by atoms with Gasteiger partial charge in [0.1, 0.15) is 0 Å². The summed E-state index contributed by atoms with van der Waals surface area (Å²) in [4.78, 5) is 28.6. The highest BCUT2D eigenvalue weighted by molar-refractivity contribution is 6.12. The molecule has 23 heavy (non-hydrogen) atoms. The predicted octanol–water partition coefficient (Wildman–Crippen LogP) is 3.36. The molecule has 0 amide bonds. The average molecular weight is 307 g/mol. The fourth-order valence-electron chi connectivity index (χ4n) is 2.13. The van der Waals surface area contributed by atoms with Crippen molar-refractivity contribution in [2.45, 2.75) is 0 Å². The third kappa shape index (κ3) is 2.89. The van der Waals surface area contributed by atoms with E-state index in [0.29, 0.717) is 11.1 Å². The Kier molecular flexibility index (Phi) is 4.01. The van der Waals surface area contributed by atoms with Gasteiger partial charge in [0.2, 0.25) is 17.4 Å². The first-order chi connectivity index (χ1) is 11.2. The Labute approximate surface area is 132 Å². The number of oxazole rings is 1. The summed E-state index contributed by atoms with van der Waals surface area (Å²) >= 11 is 0. The number of rotatable bonds is 4. The van der Waals surface area contributed by atoms with Crippen LogP contribution in [-0.4, -0.2) is 23.8 Å². The van der Waals surface area contributed by atoms with Crippen molar-refractivity contribution < 1.29 is 18.7 Å². The van der Waals surface area contributed by atoms with Crippen molar-refractivity contribution in [3.63, 3.8) is 0 Å². The van der Waals surface area contributed by atoms with Crippen molar-refractivity contribution >= 4 is 11.8 Å². The van der Waals surface area contributed by atoms with Gasteiger partial charge in [0.15, 0.2) is 5.69 Å². The van der Waals surface area contributed by atoms with Gasteiger partial charge in [-0.3, -0.25) is 4.79 Å². The molecule has 0 saturated heterocycles. The number of hydrogen-bond acceptors (Lipinski definition) is 5. The van der Waals surface area contributed by atoms with Crippen LogP contribution < -0.4 is 0 Å². The van der Waals surface area contributed by atoms with Gasteiger partial charge in [-0.05, 0) is 12.1 Å². The third-order valence-electron chi connectivity index (χ3n) is 3.27. The number of benzene rings is 2. The molecule has 2 aromatic carbocycles. The van der Waals surface area contributed by atoms with Crippen molar-refractivity contribution in [1.29, 1.82) is 0 Å². The molecule has 5 heteroatoms. The Bertz CT molecular complexity index is 838. The Morgan fingerprint density at radius 2 is 1.57 bits per heavy atom. The zero-order valence-corrected chi connectivity index (χ0v) is 12.4. The smallest absolute Gasteiger partial charge is 0.360 e. The molecular formula is C18H13NO4. The molecule has 0 N–H and O–H groups in total. The van der Waals surface area contributed by atoms with E-state index >= 15 is 0 Å². The van der Waals surface area contributed by atoms with E-state index in [4.69, 9.17) is 9.15 Å². The Morgan fingerprint density at radius 3 is 2.17 bits per heavy atom. The minimum Gasteiger partial charge on any atom is -0.464 e. The molecule has 3 rings (SSSR count). The second-order valence-corrected chi connectivity index (χ2v) is 4.75. The van der Waals surface area contributed by atoms with E-state index in [1.54, 1.807) is 42.5 Å². The van der Waals surface area contributed by atoms with Crippen molar-refractivity contribution in [3.05, 3.63) is 77.7 Å². The Morgan fingerprint density at radius 1 is 0.957 bits per heavy atom. The van der Waals surface area contributed by atoms with Gasteiger partial charge < -0.3 is 9.15 Å². The lowest BCUT2D eigenvalue weighted by Crippen LogP contribution is -2.10. The molecule has 0 saturated carbocycles. The molecule has 0 radical (unpaired) electrons. The minimum absolute atomic E-state index is 0.123. The molecule has 3 aromatic rings. The largest absolute Gasteiger partial charge is 0.464 e. The number of ketones is 1. The van der Waals surface area contributed by atoms with Crippen molar-refractivity contribution in [1.82, 2.24) is 4.98 Å². The summed E-state index contributed by atoms with van der Waals surface area (Å²) in [5.41, 5.74) is 0.957. The van der Waals surface area contributed by atoms with Gasteiger partial charge in [-0.15, -0.1) is 0 Å². The fraction of sp³-hybridized carbons (Fsp3) is 0.0556. The lowest BCUT2D eigenvalue weighted by molar-refractivity contribution is 0.0590. The van der Waals surface area contributed by atoms with Gasteiger partial charge in [0, 0.05) is 11.1 Å². The van der Waals surface area contributed by atoms with Crippen LogP contribution in [0.4, 0.5) is 0 Å². The van der Waals surface area contributed by atoms with E-state index in [1.807, 2.05) is 18.2 Å². The molecule has 0 fully saturated rings. The summed E-state index contributed by atoms with van der Waals surface area (Å²) in [5.74, 6) is -1.05. The van der Waals surface area contributed by atoms with Crippen molar-refractivity contribution in [3.8, 4) is 11.5 Å². The van der Waals surface area contributed by atoms with Gasteiger partial charge in [0.25, 0.3) is 0 Å². The zero-order chi connectivity index (χ0) is 16.2. The zero-order valence-electron chi connectivity index (χ0n) is 12.4. The van der Waals surface area contributed by atoms with Gasteiger partial charge in [-0.2, -0.15) is 0 Å². The number of carbonyl (C=O) groups excluding carboxylic acids is 2. The fourth-order valence-corrected chi connectivity index (χ4v) is 2.13. The average Bonchev–Trinajstić information content (AvgIpc) is 3.07. The maximum Gasteiger partial charge on any atom is 0.360 e. The van der Waals surface area contributed by atoms with Crippen LogP contribution in [0.15, 0.2) is 65.1 Å². The van der Waals surface area contributed by atoms with E-state index in [-0.39, 0.29) is 17.3 Å². The normalized spacial score (nSPS) is 10.3. The minimum atomic E-state index is -0.713. The van der Waals surface area contributed by atoms with Gasteiger partial charge in [-0.25, -0.2) is 9.78 Å². The molecule has 0 unspecified atom stereocenters. The molecule has 114 valence electrons. The topological polar surface area (TPSA) is 69.4 Å². The van der Waals surface area contributed by atoms with E-state index in [1.165, 1.54) is 7.11 Å². The first-order valence-corrected chi connectivity index (χ1v) is 6.95. The number of hydrogen-bond donors (Lipinski definition) is 0. The first-order valence-electron chi connectivity index (χ1n) is 6.95. The number of methoxy groups -OCH3 is 1. The van der Waals surface area contributed by atoms with Crippen LogP contribution in [0.1, 0.15) is 26.6 Å². The van der Waals surface area contributed by atoms with E-state index < -0.39 is 11.8 Å². The Balaban J connectivity index is 2.10. The lowest BCUT2D eigenvalue weighted by atomic mass is 10.1. The van der Waals surface area contributed by atoms with Crippen LogP contribution >= 0.6 is 0 Å². The van der Waals surface area contributed by atoms with E-state index in [2.05, 4.69) is 4.98 Å². The molecular weight excluding hydrogens is 294 g/mol. The monoisotopic (exact) mass is 307 g/mol. The Hall–Kier alpha value is -3.21. The number of esters is 1. The van der Waals surface area contributed by atoms with Gasteiger partial charge in [-0.1, -0.05) is 48.5 Å². The van der Waals surface area contributed by atoms with Crippen LogP contribution in [0, 0.1) is 0 Å². The quantitative estimate of drug-likeness (QED) is 0.546. The van der Waals surface area contributed by atoms with Crippen LogP contribution in [0.25, 0.3) is 11.5 Å². The van der Waals surface area contributed by atoms with E-state index in [9.17, 15) is 9.59 Å². The molecule has 1 heterocycles. The number of aromatic nitrogens is 1. The summed E-state index contributed by atoms with van der Waals surface area (Å²) < 4.78 is 10.3. The summed E-state index contributed by atoms with van der Waals surface area (Å²) in [6.07, 6.45) is 0. The van der Waals surface area contributed by atoms with Crippen LogP contribution in [0.3, 0.4) is 0 Å². The molecule has 0 aliphatic carbocycles. The van der Waals surface area contributed by atoms with Crippen LogP contribution in [-0.2, 0) is 4.74 Å². The van der Waals surface area contributed by atoms with Crippen LogP contribution in [0.2, 0.25) is 0 Å². The number of nitrogens with zero attached hydrogens (tertiary/aromatic N) is 1. The molecule has 0 atom stereocenters. The van der Waals surface area contributed by atoms with Gasteiger partial charge in [0.05, 0.1) is 7.11 Å². The van der Waals surface area contributed by atoms with Gasteiger partial charge >= 0.3 is 5.97 Å². The summed E-state index contributed by atoms with van der Waals surface area (Å²) in [6.45, 7) is 0. The highest BCUT2D eigenvalue weighted by Crippen LogP contribution is 2.24. The predicted molar refractivity (Wildman–Crippen MR) is 83.2 cm³/mol. The maximum absolute atomic E-state index is 12.6. The lowest BCUT2D eigenvalue weighted by Gasteiger charge is -1.99. The molecule has 1 aromatic heterocycles. The summed E-state index contributed by atoms with van der Waals surface area (Å²) in [5, 5.41) is 0. The number of ether oxygens (including phenoxy) is 1. The van der Waals surface area contributed by atoms with Crippen molar-refractivity contribution in [2.75, 3.05) is 7.11 Å². The molecule has 5 nitrogen and oxygen atoms in total. The van der Waals surface area contributed by atoms with Crippen molar-refractivity contribution in [2.24, 2.45) is 0 Å². The molecule has 0 aliphatic rings. The SMILES string of the molecule is COC(=O)c1nc(-c2ccccc2)oc1C(=O)c1ccccc1. The molecule has 0 aliphatic heterocycles. The number of carbonyl (C=O) groups is 2. The molecule has 0 spiro atoms.